The molecule has 108 valence electrons. The number of ether oxygens (including phenoxy) is 1. The molecule has 1 amide bonds. The summed E-state index contributed by atoms with van der Waals surface area (Å²) in [7, 11) is 0. The Hall–Kier alpha value is -1.35. The third-order valence-electron chi connectivity index (χ3n) is 3.31. The Morgan fingerprint density at radius 3 is 3.20 bits per heavy atom. The molecule has 1 atom stereocenters. The molecule has 1 aromatic rings. The molecule has 2 rings (SSSR count). The van der Waals surface area contributed by atoms with E-state index in [2.05, 4.69) is 17.2 Å². The number of nitrogens with two attached hydrogens (primary N) is 1. The zero-order valence-corrected chi connectivity index (χ0v) is 12.5. The first-order chi connectivity index (χ1) is 9.70. The lowest BCUT2D eigenvalue weighted by Crippen LogP contribution is -2.25. The van der Waals surface area contributed by atoms with E-state index in [1.165, 1.54) is 11.3 Å². The van der Waals surface area contributed by atoms with Gasteiger partial charge in [-0.2, -0.15) is 0 Å². The third-order valence-corrected chi connectivity index (χ3v) is 4.46. The van der Waals surface area contributed by atoms with Crippen molar-refractivity contribution < 1.29 is 9.53 Å². The predicted octanol–water partition coefficient (Wildman–Crippen LogP) is 1.52. The van der Waals surface area contributed by atoms with E-state index in [1.807, 2.05) is 13.0 Å². The molecule has 5 heteroatoms. The largest absolute Gasteiger partial charge is 0.381 e. The van der Waals surface area contributed by atoms with E-state index in [9.17, 15) is 4.79 Å². The highest BCUT2D eigenvalue weighted by atomic mass is 32.1. The van der Waals surface area contributed by atoms with Gasteiger partial charge in [-0.05, 0) is 37.3 Å². The summed E-state index contributed by atoms with van der Waals surface area (Å²) >= 11 is 1.42. The summed E-state index contributed by atoms with van der Waals surface area (Å²) < 4.78 is 5.32. The van der Waals surface area contributed by atoms with Gasteiger partial charge >= 0.3 is 0 Å². The summed E-state index contributed by atoms with van der Waals surface area (Å²) in [6, 6.07) is 1.89. The van der Waals surface area contributed by atoms with Crippen LogP contribution in [0.15, 0.2) is 6.07 Å². The lowest BCUT2D eigenvalue weighted by atomic mass is 10.1. The standard InChI is InChI=1S/C15H20N2O2S/c1-11-9-14(20-13(11)3-2-6-16)15(18)17-7-4-12-5-8-19-10-12/h9,12H,4-8,10,16H2,1H3,(H,17,18). The van der Waals surface area contributed by atoms with Gasteiger partial charge in [-0.15, -0.1) is 11.3 Å². The van der Waals surface area contributed by atoms with Crippen molar-refractivity contribution in [3.8, 4) is 11.8 Å². The molecule has 1 aliphatic rings. The van der Waals surface area contributed by atoms with Crippen molar-refractivity contribution in [1.82, 2.24) is 5.32 Å². The SMILES string of the molecule is Cc1cc(C(=O)NCCC2CCOC2)sc1C#CCN. The van der Waals surface area contributed by atoms with Crippen LogP contribution in [0.25, 0.3) is 0 Å². The second-order valence-corrected chi connectivity index (χ2v) is 5.96. The van der Waals surface area contributed by atoms with Gasteiger partial charge in [0.25, 0.3) is 5.91 Å². The van der Waals surface area contributed by atoms with E-state index in [4.69, 9.17) is 10.5 Å². The molecule has 1 aliphatic heterocycles. The Kier molecular flexibility index (Phi) is 5.60. The van der Waals surface area contributed by atoms with Crippen LogP contribution in [-0.4, -0.2) is 32.2 Å². The number of amides is 1. The molecule has 1 saturated heterocycles. The zero-order valence-electron chi connectivity index (χ0n) is 11.7. The fraction of sp³-hybridized carbons (Fsp3) is 0.533. The number of hydrogen-bond acceptors (Lipinski definition) is 4. The second kappa shape index (κ2) is 7.44. The number of aryl methyl sites for hydroxylation is 1. The summed E-state index contributed by atoms with van der Waals surface area (Å²) in [5.41, 5.74) is 6.39. The Bertz CT molecular complexity index is 522. The minimum absolute atomic E-state index is 0.0159. The highest BCUT2D eigenvalue weighted by Gasteiger charge is 2.16. The third kappa shape index (κ3) is 4.07. The second-order valence-electron chi connectivity index (χ2n) is 4.90. The Balaban J connectivity index is 1.85. The van der Waals surface area contributed by atoms with Crippen LogP contribution >= 0.6 is 11.3 Å². The number of hydrogen-bond donors (Lipinski definition) is 2. The Morgan fingerprint density at radius 2 is 2.50 bits per heavy atom. The van der Waals surface area contributed by atoms with Crippen LogP contribution in [0, 0.1) is 24.7 Å². The maximum Gasteiger partial charge on any atom is 0.261 e. The number of carbonyl (C=O) groups excluding carboxylic acids is 1. The summed E-state index contributed by atoms with van der Waals surface area (Å²) in [6.45, 7) is 4.68. The van der Waals surface area contributed by atoms with Crippen molar-refractivity contribution in [2.45, 2.75) is 19.8 Å². The van der Waals surface area contributed by atoms with Gasteiger partial charge in [0, 0.05) is 19.8 Å². The average molecular weight is 292 g/mol. The van der Waals surface area contributed by atoms with Gasteiger partial charge in [0.1, 0.15) is 0 Å². The molecule has 3 N–H and O–H groups in total. The predicted molar refractivity (Wildman–Crippen MR) is 80.9 cm³/mol. The van der Waals surface area contributed by atoms with Crippen molar-refractivity contribution in [3.05, 3.63) is 21.4 Å². The van der Waals surface area contributed by atoms with E-state index < -0.39 is 0 Å². The van der Waals surface area contributed by atoms with Crippen LogP contribution in [0.3, 0.4) is 0 Å². The van der Waals surface area contributed by atoms with E-state index >= 15 is 0 Å². The monoisotopic (exact) mass is 292 g/mol. The van der Waals surface area contributed by atoms with Gasteiger partial charge in [-0.25, -0.2) is 0 Å². The van der Waals surface area contributed by atoms with E-state index in [-0.39, 0.29) is 5.91 Å². The normalized spacial score (nSPS) is 17.6. The molecule has 0 radical (unpaired) electrons. The van der Waals surface area contributed by atoms with Gasteiger partial charge in [0.05, 0.1) is 16.3 Å². The topological polar surface area (TPSA) is 64.3 Å². The molecule has 4 nitrogen and oxygen atoms in total. The number of thiophene rings is 1. The van der Waals surface area contributed by atoms with Crippen LogP contribution in [-0.2, 0) is 4.74 Å². The summed E-state index contributed by atoms with van der Waals surface area (Å²) in [5.74, 6) is 6.39. The first-order valence-corrected chi connectivity index (χ1v) is 7.67. The first-order valence-electron chi connectivity index (χ1n) is 6.86. The van der Waals surface area contributed by atoms with Gasteiger partial charge in [0.15, 0.2) is 0 Å². The van der Waals surface area contributed by atoms with Crippen LogP contribution in [0.4, 0.5) is 0 Å². The molecular formula is C15H20N2O2S. The molecule has 0 spiro atoms. The molecule has 20 heavy (non-hydrogen) atoms. The van der Waals surface area contributed by atoms with Crippen LogP contribution < -0.4 is 11.1 Å². The molecule has 0 aromatic carbocycles. The smallest absolute Gasteiger partial charge is 0.261 e. The van der Waals surface area contributed by atoms with Crippen molar-refractivity contribution in [2.75, 3.05) is 26.3 Å². The summed E-state index contributed by atoms with van der Waals surface area (Å²) in [5, 5.41) is 2.97. The maximum absolute atomic E-state index is 12.1. The van der Waals surface area contributed by atoms with Crippen LogP contribution in [0.2, 0.25) is 0 Å². The van der Waals surface area contributed by atoms with E-state index in [0.29, 0.717) is 23.9 Å². The minimum Gasteiger partial charge on any atom is -0.381 e. The number of rotatable bonds is 4. The molecule has 1 aromatic heterocycles. The van der Waals surface area contributed by atoms with E-state index in [0.717, 1.165) is 36.5 Å². The van der Waals surface area contributed by atoms with E-state index in [1.54, 1.807) is 0 Å². The first kappa shape index (κ1) is 15.0. The van der Waals surface area contributed by atoms with Crippen LogP contribution in [0.1, 0.15) is 33.0 Å². The molecule has 0 saturated carbocycles. The van der Waals surface area contributed by atoms with Crippen molar-refractivity contribution in [1.29, 1.82) is 0 Å². The quantitative estimate of drug-likeness (QED) is 0.827. The van der Waals surface area contributed by atoms with Gasteiger partial charge in [0.2, 0.25) is 0 Å². The van der Waals surface area contributed by atoms with Gasteiger partial charge in [-0.3, -0.25) is 4.79 Å². The molecular weight excluding hydrogens is 272 g/mol. The highest BCUT2D eigenvalue weighted by molar-refractivity contribution is 7.14. The number of carbonyl (C=O) groups is 1. The number of nitrogens with one attached hydrogen (secondary N) is 1. The molecule has 1 unspecified atom stereocenters. The van der Waals surface area contributed by atoms with Crippen molar-refractivity contribution in [3.63, 3.8) is 0 Å². The van der Waals surface area contributed by atoms with Crippen LogP contribution in [0.5, 0.6) is 0 Å². The Morgan fingerprint density at radius 1 is 1.65 bits per heavy atom. The molecule has 0 aliphatic carbocycles. The average Bonchev–Trinajstić information content (AvgIpc) is 3.06. The van der Waals surface area contributed by atoms with Crippen molar-refractivity contribution in [2.24, 2.45) is 11.7 Å². The fourth-order valence-electron chi connectivity index (χ4n) is 2.14. The molecule has 2 heterocycles. The summed E-state index contributed by atoms with van der Waals surface area (Å²) in [6.07, 6.45) is 2.09. The highest BCUT2D eigenvalue weighted by Crippen LogP contribution is 2.21. The van der Waals surface area contributed by atoms with Gasteiger partial charge in [-0.1, -0.05) is 11.8 Å². The lowest BCUT2D eigenvalue weighted by Gasteiger charge is -2.07. The zero-order chi connectivity index (χ0) is 14.4. The summed E-state index contributed by atoms with van der Waals surface area (Å²) in [4.78, 5) is 13.7. The molecule has 0 bridgehead atoms. The Labute approximate surface area is 123 Å². The van der Waals surface area contributed by atoms with Crippen molar-refractivity contribution >= 4 is 17.2 Å². The lowest BCUT2D eigenvalue weighted by molar-refractivity contribution is 0.0954. The molecule has 1 fully saturated rings. The maximum atomic E-state index is 12.1. The minimum atomic E-state index is -0.0159. The van der Waals surface area contributed by atoms with Gasteiger partial charge < -0.3 is 15.8 Å². The fourth-order valence-corrected chi connectivity index (χ4v) is 3.10.